The molecule has 1 aromatic heterocycles. The molecule has 2 rings (SSSR count). The largest absolute Gasteiger partial charge is 0.313 e. The SMILES string of the molecule is CNC(C)c1cccc(SCc2cc(Br)cs2)c1. The van der Waals surface area contributed by atoms with E-state index in [2.05, 4.69) is 63.9 Å². The highest BCUT2D eigenvalue weighted by atomic mass is 79.9. The number of nitrogens with one attached hydrogen (secondary N) is 1. The first kappa shape index (κ1) is 14.1. The van der Waals surface area contributed by atoms with Gasteiger partial charge in [0, 0.05) is 31.4 Å². The second kappa shape index (κ2) is 6.75. The Morgan fingerprint density at radius 2 is 2.22 bits per heavy atom. The summed E-state index contributed by atoms with van der Waals surface area (Å²) in [5.74, 6) is 1.04. The highest BCUT2D eigenvalue weighted by Gasteiger charge is 2.04. The summed E-state index contributed by atoms with van der Waals surface area (Å²) in [5.41, 5.74) is 1.34. The Kier molecular flexibility index (Phi) is 5.30. The van der Waals surface area contributed by atoms with Gasteiger partial charge in [-0.3, -0.25) is 0 Å². The van der Waals surface area contributed by atoms with E-state index in [-0.39, 0.29) is 0 Å². The normalized spacial score (nSPS) is 12.6. The van der Waals surface area contributed by atoms with Crippen molar-refractivity contribution < 1.29 is 0 Å². The lowest BCUT2D eigenvalue weighted by molar-refractivity contribution is 0.651. The summed E-state index contributed by atoms with van der Waals surface area (Å²) in [6, 6.07) is 11.4. The van der Waals surface area contributed by atoms with Crippen LogP contribution in [0.4, 0.5) is 0 Å². The maximum Gasteiger partial charge on any atom is 0.0326 e. The van der Waals surface area contributed by atoms with Gasteiger partial charge in [0.05, 0.1) is 0 Å². The van der Waals surface area contributed by atoms with Crippen molar-refractivity contribution in [3.8, 4) is 0 Å². The van der Waals surface area contributed by atoms with Crippen molar-refractivity contribution >= 4 is 39.0 Å². The topological polar surface area (TPSA) is 12.0 Å². The Morgan fingerprint density at radius 1 is 1.39 bits per heavy atom. The van der Waals surface area contributed by atoms with Crippen LogP contribution in [-0.4, -0.2) is 7.05 Å². The van der Waals surface area contributed by atoms with Gasteiger partial charge in [0.2, 0.25) is 0 Å². The molecule has 0 radical (unpaired) electrons. The minimum Gasteiger partial charge on any atom is -0.313 e. The Bertz CT molecular complexity index is 510. The lowest BCUT2D eigenvalue weighted by atomic mass is 10.1. The molecular weight excluding hydrogens is 326 g/mol. The molecule has 0 saturated heterocycles. The van der Waals surface area contributed by atoms with Crippen molar-refractivity contribution in [2.24, 2.45) is 0 Å². The van der Waals surface area contributed by atoms with Gasteiger partial charge in [-0.25, -0.2) is 0 Å². The molecule has 1 N–H and O–H groups in total. The van der Waals surface area contributed by atoms with Crippen LogP contribution in [0.5, 0.6) is 0 Å². The highest BCUT2D eigenvalue weighted by Crippen LogP contribution is 2.29. The predicted octanol–water partition coefficient (Wildman–Crippen LogP) is 5.08. The number of benzene rings is 1. The molecule has 0 fully saturated rings. The summed E-state index contributed by atoms with van der Waals surface area (Å²) < 4.78 is 1.18. The van der Waals surface area contributed by atoms with Crippen LogP contribution < -0.4 is 5.32 Å². The van der Waals surface area contributed by atoms with Crippen LogP contribution in [0.15, 0.2) is 45.1 Å². The first-order chi connectivity index (χ1) is 8.69. The van der Waals surface area contributed by atoms with Crippen molar-refractivity contribution in [1.29, 1.82) is 0 Å². The van der Waals surface area contributed by atoms with E-state index in [1.165, 1.54) is 19.8 Å². The molecule has 0 bridgehead atoms. The molecule has 0 aliphatic rings. The molecule has 4 heteroatoms. The number of hydrogen-bond acceptors (Lipinski definition) is 3. The van der Waals surface area contributed by atoms with E-state index in [4.69, 9.17) is 0 Å². The summed E-state index contributed by atoms with van der Waals surface area (Å²) in [6.07, 6.45) is 0. The van der Waals surface area contributed by atoms with Gasteiger partial charge in [-0.05, 0) is 53.7 Å². The smallest absolute Gasteiger partial charge is 0.0326 e. The van der Waals surface area contributed by atoms with Crippen molar-refractivity contribution in [2.75, 3.05) is 7.05 Å². The van der Waals surface area contributed by atoms with Gasteiger partial charge in [0.15, 0.2) is 0 Å². The average Bonchev–Trinajstić information content (AvgIpc) is 2.81. The third kappa shape index (κ3) is 3.85. The molecule has 1 unspecified atom stereocenters. The van der Waals surface area contributed by atoms with Crippen molar-refractivity contribution in [1.82, 2.24) is 5.32 Å². The standard InChI is InChI=1S/C14H16BrNS2/c1-10(16-2)11-4-3-5-13(6-11)18-9-14-7-12(15)8-17-14/h3-8,10,16H,9H2,1-2H3. The lowest BCUT2D eigenvalue weighted by Crippen LogP contribution is -2.11. The molecule has 0 saturated carbocycles. The van der Waals surface area contributed by atoms with E-state index in [9.17, 15) is 0 Å². The van der Waals surface area contributed by atoms with Gasteiger partial charge in [-0.2, -0.15) is 0 Å². The highest BCUT2D eigenvalue weighted by molar-refractivity contribution is 9.10. The lowest BCUT2D eigenvalue weighted by Gasteiger charge is -2.11. The summed E-state index contributed by atoms with van der Waals surface area (Å²) in [5, 5.41) is 5.41. The maximum atomic E-state index is 3.49. The summed E-state index contributed by atoms with van der Waals surface area (Å²) in [7, 11) is 1.99. The van der Waals surface area contributed by atoms with Crippen LogP contribution >= 0.6 is 39.0 Å². The van der Waals surface area contributed by atoms with Gasteiger partial charge in [0.25, 0.3) is 0 Å². The van der Waals surface area contributed by atoms with Gasteiger partial charge in [0.1, 0.15) is 0 Å². The molecule has 1 nitrogen and oxygen atoms in total. The molecule has 1 heterocycles. The molecule has 0 spiro atoms. The first-order valence-corrected chi connectivity index (χ1v) is 8.48. The van der Waals surface area contributed by atoms with E-state index < -0.39 is 0 Å². The van der Waals surface area contributed by atoms with Gasteiger partial charge in [-0.15, -0.1) is 23.1 Å². The molecule has 18 heavy (non-hydrogen) atoms. The molecular formula is C14H16BrNS2. The monoisotopic (exact) mass is 341 g/mol. The summed E-state index contributed by atoms with van der Waals surface area (Å²) in [6.45, 7) is 2.18. The zero-order valence-electron chi connectivity index (χ0n) is 10.4. The van der Waals surface area contributed by atoms with Gasteiger partial charge >= 0.3 is 0 Å². The zero-order valence-corrected chi connectivity index (χ0v) is 13.7. The maximum absolute atomic E-state index is 3.49. The molecule has 1 atom stereocenters. The molecule has 0 aliphatic heterocycles. The third-order valence-electron chi connectivity index (χ3n) is 2.79. The van der Waals surface area contributed by atoms with E-state index in [0.717, 1.165) is 5.75 Å². The Labute approximate surface area is 125 Å². The van der Waals surface area contributed by atoms with Crippen molar-refractivity contribution in [3.63, 3.8) is 0 Å². The van der Waals surface area contributed by atoms with Crippen LogP contribution in [0.3, 0.4) is 0 Å². The molecule has 0 aliphatic carbocycles. The van der Waals surface area contributed by atoms with E-state index in [0.29, 0.717) is 6.04 Å². The molecule has 1 aromatic carbocycles. The quantitative estimate of drug-likeness (QED) is 0.760. The molecule has 0 amide bonds. The average molecular weight is 342 g/mol. The van der Waals surface area contributed by atoms with Crippen LogP contribution in [0.25, 0.3) is 0 Å². The minimum atomic E-state index is 0.404. The fraction of sp³-hybridized carbons (Fsp3) is 0.286. The second-order valence-electron chi connectivity index (χ2n) is 4.10. The number of thioether (sulfide) groups is 1. The fourth-order valence-corrected chi connectivity index (χ4v) is 4.09. The predicted molar refractivity (Wildman–Crippen MR) is 85.5 cm³/mol. The molecule has 96 valence electrons. The first-order valence-electron chi connectivity index (χ1n) is 5.82. The minimum absolute atomic E-state index is 0.404. The zero-order chi connectivity index (χ0) is 13.0. The Morgan fingerprint density at radius 3 is 2.89 bits per heavy atom. The second-order valence-corrected chi connectivity index (χ2v) is 7.06. The number of thiophene rings is 1. The number of hydrogen-bond donors (Lipinski definition) is 1. The van der Waals surface area contributed by atoms with E-state index in [1.807, 2.05) is 18.8 Å². The van der Waals surface area contributed by atoms with Gasteiger partial charge < -0.3 is 5.32 Å². The van der Waals surface area contributed by atoms with Crippen LogP contribution in [0, 0.1) is 0 Å². The number of halogens is 1. The fourth-order valence-electron chi connectivity index (χ4n) is 1.62. The van der Waals surface area contributed by atoms with Gasteiger partial charge in [-0.1, -0.05) is 12.1 Å². The Balaban J connectivity index is 2.01. The van der Waals surface area contributed by atoms with E-state index in [1.54, 1.807) is 11.3 Å². The van der Waals surface area contributed by atoms with Crippen LogP contribution in [-0.2, 0) is 5.75 Å². The summed E-state index contributed by atoms with van der Waals surface area (Å²) >= 11 is 7.19. The Hall–Kier alpha value is -0.290. The van der Waals surface area contributed by atoms with E-state index >= 15 is 0 Å². The molecule has 2 aromatic rings. The third-order valence-corrected chi connectivity index (χ3v) is 5.72. The summed E-state index contributed by atoms with van der Waals surface area (Å²) in [4.78, 5) is 2.73. The van der Waals surface area contributed by atoms with Crippen molar-refractivity contribution in [3.05, 3.63) is 50.6 Å². The van der Waals surface area contributed by atoms with Crippen LogP contribution in [0.2, 0.25) is 0 Å². The number of rotatable bonds is 5. The van der Waals surface area contributed by atoms with Crippen molar-refractivity contribution in [2.45, 2.75) is 23.6 Å². The van der Waals surface area contributed by atoms with Crippen LogP contribution in [0.1, 0.15) is 23.4 Å².